The van der Waals surface area contributed by atoms with E-state index in [-0.39, 0.29) is 0 Å². The molecule has 0 fully saturated rings. The molecule has 0 aromatic carbocycles. The summed E-state index contributed by atoms with van der Waals surface area (Å²) in [5.41, 5.74) is 6.12. The molecule has 2 heteroatoms. The maximum Gasteiger partial charge on any atom is 0.0379 e. The fourth-order valence-electron chi connectivity index (χ4n) is 0.411. The van der Waals surface area contributed by atoms with Gasteiger partial charge in [0.1, 0.15) is 0 Å². The topological polar surface area (TPSA) is 26.0 Å². The molecule has 9 heavy (non-hydrogen) atoms. The van der Waals surface area contributed by atoms with Gasteiger partial charge in [0.05, 0.1) is 0 Å². The van der Waals surface area contributed by atoms with Crippen molar-refractivity contribution in [3.63, 3.8) is 0 Å². The average molecular weight is 144 g/mol. The molecular formula is C7H10ClN. The van der Waals surface area contributed by atoms with Gasteiger partial charge in [-0.3, -0.25) is 0 Å². The van der Waals surface area contributed by atoms with Crippen LogP contribution in [0.25, 0.3) is 0 Å². The second-order valence-corrected chi connectivity index (χ2v) is 1.99. The minimum Gasteiger partial charge on any atom is -0.326 e. The molecule has 0 aromatic heterocycles. The van der Waals surface area contributed by atoms with Gasteiger partial charge in [-0.25, -0.2) is 0 Å². The van der Waals surface area contributed by atoms with Gasteiger partial charge >= 0.3 is 0 Å². The summed E-state index contributed by atoms with van der Waals surface area (Å²) in [6.45, 7) is 7.42. The Morgan fingerprint density at radius 3 is 2.33 bits per heavy atom. The molecule has 0 unspecified atom stereocenters. The van der Waals surface area contributed by atoms with E-state index < -0.39 is 0 Å². The molecule has 0 spiro atoms. The van der Waals surface area contributed by atoms with Crippen LogP contribution in [0.3, 0.4) is 0 Å². The fraction of sp³-hybridized carbons (Fsp3) is 0.143. The predicted molar refractivity (Wildman–Crippen MR) is 42.3 cm³/mol. The van der Waals surface area contributed by atoms with Gasteiger partial charge in [-0.2, -0.15) is 0 Å². The number of hydrogen-bond acceptors (Lipinski definition) is 1. The molecule has 0 atom stereocenters. The molecule has 0 bridgehead atoms. The molecule has 0 heterocycles. The lowest BCUT2D eigenvalue weighted by Gasteiger charge is -1.96. The van der Waals surface area contributed by atoms with Crippen molar-refractivity contribution < 1.29 is 0 Å². The lowest BCUT2D eigenvalue weighted by molar-refractivity contribution is 1.18. The Hall–Kier alpha value is -0.530. The lowest BCUT2D eigenvalue weighted by Crippen LogP contribution is -2.02. The molecule has 0 rings (SSSR count). The van der Waals surface area contributed by atoms with Crippen molar-refractivity contribution in [3.05, 3.63) is 35.9 Å². The van der Waals surface area contributed by atoms with Crippen molar-refractivity contribution in [2.75, 3.05) is 6.54 Å². The zero-order chi connectivity index (χ0) is 7.28. The lowest BCUT2D eigenvalue weighted by atomic mass is 10.2. The largest absolute Gasteiger partial charge is 0.326 e. The van der Waals surface area contributed by atoms with Crippen LogP contribution in [0.2, 0.25) is 0 Å². The molecule has 0 radical (unpaired) electrons. The highest BCUT2D eigenvalue weighted by molar-refractivity contribution is 6.31. The van der Waals surface area contributed by atoms with E-state index in [0.717, 1.165) is 5.57 Å². The molecule has 2 N–H and O–H groups in total. The molecule has 0 aliphatic heterocycles. The van der Waals surface area contributed by atoms with Gasteiger partial charge in [-0.05, 0) is 5.57 Å². The van der Waals surface area contributed by atoms with Crippen molar-refractivity contribution in [1.29, 1.82) is 0 Å². The van der Waals surface area contributed by atoms with E-state index in [0.29, 0.717) is 11.6 Å². The predicted octanol–water partition coefficient (Wildman–Crippen LogP) is 1.81. The second-order valence-electron chi connectivity index (χ2n) is 1.54. The number of allylic oxidation sites excluding steroid dienone is 2. The highest BCUT2D eigenvalue weighted by Crippen LogP contribution is 2.09. The van der Waals surface area contributed by atoms with Crippen LogP contribution < -0.4 is 5.73 Å². The molecular weight excluding hydrogens is 134 g/mol. The van der Waals surface area contributed by atoms with Gasteiger partial charge in [0.15, 0.2) is 0 Å². The van der Waals surface area contributed by atoms with Crippen LogP contribution in [0.1, 0.15) is 0 Å². The monoisotopic (exact) mass is 143 g/mol. The molecule has 1 nitrogen and oxygen atoms in total. The normalized spacial score (nSPS) is 11.1. The summed E-state index contributed by atoms with van der Waals surface area (Å²) in [5, 5.41) is 0.484. The quantitative estimate of drug-likeness (QED) is 0.600. The number of hydrogen-bond donors (Lipinski definition) is 1. The SMILES string of the molecule is C=CC=C(CN)C(=C)Cl. The first-order valence-electron chi connectivity index (χ1n) is 2.58. The molecule has 50 valence electrons. The van der Waals surface area contributed by atoms with E-state index in [9.17, 15) is 0 Å². The Labute approximate surface area is 60.5 Å². The summed E-state index contributed by atoms with van der Waals surface area (Å²) in [7, 11) is 0. The third-order valence-corrected chi connectivity index (χ3v) is 1.13. The van der Waals surface area contributed by atoms with E-state index >= 15 is 0 Å². The van der Waals surface area contributed by atoms with Crippen LogP contribution in [0, 0.1) is 0 Å². The Morgan fingerprint density at radius 1 is 1.67 bits per heavy atom. The van der Waals surface area contributed by atoms with Crippen molar-refractivity contribution in [2.45, 2.75) is 0 Å². The summed E-state index contributed by atoms with van der Waals surface area (Å²) in [6.07, 6.45) is 3.38. The Morgan fingerprint density at radius 2 is 2.22 bits per heavy atom. The summed E-state index contributed by atoms with van der Waals surface area (Å²) >= 11 is 5.53. The smallest absolute Gasteiger partial charge is 0.0379 e. The Bertz CT molecular complexity index is 147. The van der Waals surface area contributed by atoms with E-state index in [2.05, 4.69) is 13.2 Å². The summed E-state index contributed by atoms with van der Waals surface area (Å²) in [6, 6.07) is 0. The maximum atomic E-state index is 5.53. The molecule has 0 saturated heterocycles. The van der Waals surface area contributed by atoms with E-state index in [1.165, 1.54) is 0 Å². The number of halogens is 1. The molecule has 0 amide bonds. The zero-order valence-corrected chi connectivity index (χ0v) is 5.99. The highest BCUT2D eigenvalue weighted by atomic mass is 35.5. The van der Waals surface area contributed by atoms with Crippen molar-refractivity contribution in [2.24, 2.45) is 5.73 Å². The standard InChI is InChI=1S/C7H10ClN/c1-3-4-7(5-9)6(2)8/h3-4H,1-2,5,9H2. The minimum absolute atomic E-state index is 0.411. The molecule has 0 saturated carbocycles. The highest BCUT2D eigenvalue weighted by Gasteiger charge is 1.92. The summed E-state index contributed by atoms with van der Waals surface area (Å²) < 4.78 is 0. The van der Waals surface area contributed by atoms with Gasteiger partial charge in [-0.15, -0.1) is 0 Å². The van der Waals surface area contributed by atoms with Crippen LogP contribution in [0.4, 0.5) is 0 Å². The van der Waals surface area contributed by atoms with Gasteiger partial charge in [0.2, 0.25) is 0 Å². The molecule has 0 aromatic rings. The van der Waals surface area contributed by atoms with Crippen LogP contribution in [0.5, 0.6) is 0 Å². The number of nitrogens with two attached hydrogens (primary N) is 1. The van der Waals surface area contributed by atoms with Gasteiger partial charge in [0.25, 0.3) is 0 Å². The Balaban J connectivity index is 4.14. The summed E-state index contributed by atoms with van der Waals surface area (Å²) in [4.78, 5) is 0. The molecule has 0 aliphatic rings. The van der Waals surface area contributed by atoms with Crippen LogP contribution in [-0.2, 0) is 0 Å². The first-order valence-corrected chi connectivity index (χ1v) is 2.96. The van der Waals surface area contributed by atoms with Crippen molar-refractivity contribution in [1.82, 2.24) is 0 Å². The fourth-order valence-corrected chi connectivity index (χ4v) is 0.552. The average Bonchev–Trinajstić information content (AvgIpc) is 1.82. The van der Waals surface area contributed by atoms with Crippen molar-refractivity contribution in [3.8, 4) is 0 Å². The first-order chi connectivity index (χ1) is 4.22. The minimum atomic E-state index is 0.411. The Kier molecular flexibility index (Phi) is 4.10. The summed E-state index contributed by atoms with van der Waals surface area (Å²) in [5.74, 6) is 0. The van der Waals surface area contributed by atoms with Gasteiger partial charge < -0.3 is 5.73 Å². The zero-order valence-electron chi connectivity index (χ0n) is 5.23. The van der Waals surface area contributed by atoms with E-state index in [1.807, 2.05) is 0 Å². The first kappa shape index (κ1) is 8.47. The van der Waals surface area contributed by atoms with Crippen LogP contribution in [-0.4, -0.2) is 6.54 Å². The second kappa shape index (κ2) is 4.36. The molecule has 0 aliphatic carbocycles. The maximum absolute atomic E-state index is 5.53. The van der Waals surface area contributed by atoms with E-state index in [4.69, 9.17) is 17.3 Å². The van der Waals surface area contributed by atoms with Crippen LogP contribution >= 0.6 is 11.6 Å². The third kappa shape index (κ3) is 3.12. The van der Waals surface area contributed by atoms with Crippen LogP contribution in [0.15, 0.2) is 35.9 Å². The number of rotatable bonds is 3. The van der Waals surface area contributed by atoms with Gasteiger partial charge in [-0.1, -0.05) is 36.9 Å². The van der Waals surface area contributed by atoms with Gasteiger partial charge in [0, 0.05) is 11.6 Å². The van der Waals surface area contributed by atoms with Crippen molar-refractivity contribution >= 4 is 11.6 Å². The van der Waals surface area contributed by atoms with E-state index in [1.54, 1.807) is 12.2 Å². The third-order valence-electron chi connectivity index (χ3n) is 0.887.